The van der Waals surface area contributed by atoms with E-state index in [1.165, 1.54) is 0 Å². The molecule has 2 heterocycles. The fourth-order valence-electron chi connectivity index (χ4n) is 1.38. The lowest BCUT2D eigenvalue weighted by atomic mass is 10.2. The molecule has 4 heteroatoms. The van der Waals surface area contributed by atoms with Gasteiger partial charge >= 0.3 is 0 Å². The lowest BCUT2D eigenvalue weighted by Crippen LogP contribution is -2.10. The zero-order valence-electron chi connectivity index (χ0n) is 7.73. The number of hydrogen-bond acceptors (Lipinski definition) is 3. The van der Waals surface area contributed by atoms with Gasteiger partial charge in [-0.15, -0.1) is 0 Å². The van der Waals surface area contributed by atoms with Crippen LogP contribution in [-0.2, 0) is 0 Å². The van der Waals surface area contributed by atoms with Crippen LogP contribution in [0, 0.1) is 6.92 Å². The maximum absolute atomic E-state index is 5.80. The van der Waals surface area contributed by atoms with Gasteiger partial charge in [0.05, 0.1) is 5.69 Å². The van der Waals surface area contributed by atoms with Crippen LogP contribution in [0.2, 0.25) is 0 Å². The van der Waals surface area contributed by atoms with Crippen molar-refractivity contribution in [3.05, 3.63) is 29.7 Å². The quantitative estimate of drug-likeness (QED) is 0.706. The molecule has 0 aliphatic heterocycles. The van der Waals surface area contributed by atoms with Gasteiger partial charge in [0, 0.05) is 6.04 Å². The highest BCUT2D eigenvalue weighted by Gasteiger charge is 2.06. The van der Waals surface area contributed by atoms with Gasteiger partial charge in [-0.3, -0.25) is 0 Å². The van der Waals surface area contributed by atoms with Gasteiger partial charge in [0.1, 0.15) is 5.82 Å². The first-order valence-electron chi connectivity index (χ1n) is 4.26. The molecule has 4 nitrogen and oxygen atoms in total. The van der Waals surface area contributed by atoms with E-state index in [9.17, 15) is 0 Å². The second kappa shape index (κ2) is 2.81. The van der Waals surface area contributed by atoms with Crippen molar-refractivity contribution in [3.8, 4) is 0 Å². The van der Waals surface area contributed by atoms with E-state index in [-0.39, 0.29) is 6.04 Å². The van der Waals surface area contributed by atoms with Crippen LogP contribution in [0.15, 0.2) is 18.2 Å². The van der Waals surface area contributed by atoms with Gasteiger partial charge in [-0.05, 0) is 26.0 Å². The molecule has 2 rings (SSSR count). The van der Waals surface area contributed by atoms with Crippen molar-refractivity contribution < 1.29 is 0 Å². The van der Waals surface area contributed by atoms with E-state index in [1.54, 1.807) is 4.52 Å². The fourth-order valence-corrected chi connectivity index (χ4v) is 1.38. The van der Waals surface area contributed by atoms with Crippen LogP contribution in [0.3, 0.4) is 0 Å². The minimum absolute atomic E-state index is 0.0233. The lowest BCUT2D eigenvalue weighted by molar-refractivity contribution is 0.725. The number of pyridine rings is 1. The first-order valence-corrected chi connectivity index (χ1v) is 4.26. The van der Waals surface area contributed by atoms with Crippen LogP contribution in [0.1, 0.15) is 24.5 Å². The summed E-state index contributed by atoms with van der Waals surface area (Å²) in [7, 11) is 0. The largest absolute Gasteiger partial charge is 0.323 e. The van der Waals surface area contributed by atoms with Gasteiger partial charge in [0.25, 0.3) is 0 Å². The Morgan fingerprint density at radius 3 is 2.92 bits per heavy atom. The summed E-state index contributed by atoms with van der Waals surface area (Å²) in [5, 5.41) is 4.26. The summed E-state index contributed by atoms with van der Waals surface area (Å²) < 4.78 is 1.79. The molecule has 0 spiro atoms. The summed E-state index contributed by atoms with van der Waals surface area (Å²) in [6.07, 6.45) is 0. The number of aromatic nitrogens is 3. The number of aryl methyl sites for hydroxylation is 1. The number of nitrogens with two attached hydrogens (primary N) is 1. The summed E-state index contributed by atoms with van der Waals surface area (Å²) in [6, 6.07) is 5.81. The highest BCUT2D eigenvalue weighted by atomic mass is 15.3. The normalized spacial score (nSPS) is 13.5. The second-order valence-corrected chi connectivity index (χ2v) is 3.17. The van der Waals surface area contributed by atoms with Crippen molar-refractivity contribution in [1.29, 1.82) is 0 Å². The molecule has 1 unspecified atom stereocenters. The molecule has 0 saturated carbocycles. The van der Waals surface area contributed by atoms with E-state index in [0.29, 0.717) is 0 Å². The third-order valence-electron chi connectivity index (χ3n) is 1.96. The Morgan fingerprint density at radius 2 is 2.23 bits per heavy atom. The molecule has 68 valence electrons. The van der Waals surface area contributed by atoms with E-state index < -0.39 is 0 Å². The molecule has 2 N–H and O–H groups in total. The molecule has 0 aliphatic rings. The number of rotatable bonds is 1. The van der Waals surface area contributed by atoms with Crippen molar-refractivity contribution in [2.75, 3.05) is 0 Å². The number of hydrogen-bond donors (Lipinski definition) is 1. The highest BCUT2D eigenvalue weighted by Crippen LogP contribution is 2.11. The van der Waals surface area contributed by atoms with Crippen LogP contribution < -0.4 is 5.73 Å². The van der Waals surface area contributed by atoms with Gasteiger partial charge in [-0.2, -0.15) is 5.10 Å². The van der Waals surface area contributed by atoms with Crippen LogP contribution in [-0.4, -0.2) is 14.6 Å². The third-order valence-corrected chi connectivity index (χ3v) is 1.96. The molecule has 2 aromatic heterocycles. The standard InChI is InChI=1S/C9H12N4/c1-6(10)8-4-3-5-9-11-7(2)12-13(8)9/h3-6H,10H2,1-2H3. The van der Waals surface area contributed by atoms with Gasteiger partial charge in [0.2, 0.25) is 0 Å². The van der Waals surface area contributed by atoms with Gasteiger partial charge in [-0.25, -0.2) is 9.50 Å². The number of fused-ring (bicyclic) bond motifs is 1. The minimum atomic E-state index is -0.0233. The van der Waals surface area contributed by atoms with E-state index >= 15 is 0 Å². The first-order chi connectivity index (χ1) is 6.18. The zero-order valence-corrected chi connectivity index (χ0v) is 7.73. The minimum Gasteiger partial charge on any atom is -0.323 e. The molecule has 1 atom stereocenters. The van der Waals surface area contributed by atoms with Crippen LogP contribution >= 0.6 is 0 Å². The molecule has 0 bridgehead atoms. The van der Waals surface area contributed by atoms with Gasteiger partial charge < -0.3 is 5.73 Å². The Kier molecular flexibility index (Phi) is 1.77. The predicted octanol–water partition coefficient (Wildman–Crippen LogP) is 1.06. The van der Waals surface area contributed by atoms with Crippen LogP contribution in [0.5, 0.6) is 0 Å². The summed E-state index contributed by atoms with van der Waals surface area (Å²) >= 11 is 0. The van der Waals surface area contributed by atoms with E-state index in [4.69, 9.17) is 5.73 Å². The van der Waals surface area contributed by atoms with E-state index in [2.05, 4.69) is 10.1 Å². The molecule has 0 amide bonds. The predicted molar refractivity (Wildman–Crippen MR) is 50.3 cm³/mol. The topological polar surface area (TPSA) is 56.2 Å². The van der Waals surface area contributed by atoms with E-state index in [1.807, 2.05) is 32.0 Å². The molecule has 0 saturated heterocycles. The monoisotopic (exact) mass is 176 g/mol. The molecule has 13 heavy (non-hydrogen) atoms. The Labute approximate surface area is 76.4 Å². The lowest BCUT2D eigenvalue weighted by Gasteiger charge is -2.06. The maximum Gasteiger partial charge on any atom is 0.155 e. The summed E-state index contributed by atoms with van der Waals surface area (Å²) in [4.78, 5) is 4.25. The molecular formula is C9H12N4. The summed E-state index contributed by atoms with van der Waals surface area (Å²) in [5.74, 6) is 0.771. The van der Waals surface area contributed by atoms with E-state index in [0.717, 1.165) is 17.2 Å². The molecule has 0 fully saturated rings. The Morgan fingerprint density at radius 1 is 1.46 bits per heavy atom. The second-order valence-electron chi connectivity index (χ2n) is 3.17. The maximum atomic E-state index is 5.80. The van der Waals surface area contributed by atoms with Crippen molar-refractivity contribution in [1.82, 2.24) is 14.6 Å². The Hall–Kier alpha value is -1.42. The third kappa shape index (κ3) is 1.29. The van der Waals surface area contributed by atoms with Crippen molar-refractivity contribution in [2.45, 2.75) is 19.9 Å². The average molecular weight is 176 g/mol. The highest BCUT2D eigenvalue weighted by molar-refractivity contribution is 5.39. The van der Waals surface area contributed by atoms with Crippen molar-refractivity contribution >= 4 is 5.65 Å². The van der Waals surface area contributed by atoms with Crippen molar-refractivity contribution in [2.24, 2.45) is 5.73 Å². The Bertz CT molecular complexity index is 430. The smallest absolute Gasteiger partial charge is 0.155 e. The van der Waals surface area contributed by atoms with Gasteiger partial charge in [0.15, 0.2) is 5.65 Å². The summed E-state index contributed by atoms with van der Waals surface area (Å²) in [5.41, 5.74) is 7.64. The molecule has 0 aromatic carbocycles. The molecule has 0 aliphatic carbocycles. The van der Waals surface area contributed by atoms with Gasteiger partial charge in [-0.1, -0.05) is 6.07 Å². The SMILES string of the molecule is Cc1nc2cccc(C(C)N)n2n1. The first kappa shape index (κ1) is 8.19. The summed E-state index contributed by atoms with van der Waals surface area (Å²) in [6.45, 7) is 3.81. The zero-order chi connectivity index (χ0) is 9.42. The fraction of sp³-hybridized carbons (Fsp3) is 0.333. The van der Waals surface area contributed by atoms with Crippen molar-refractivity contribution in [3.63, 3.8) is 0 Å². The molecule has 0 radical (unpaired) electrons. The van der Waals surface area contributed by atoms with Crippen LogP contribution in [0.4, 0.5) is 0 Å². The average Bonchev–Trinajstić information content (AvgIpc) is 2.43. The molecule has 2 aromatic rings. The molecular weight excluding hydrogens is 164 g/mol. The number of nitrogens with zero attached hydrogens (tertiary/aromatic N) is 3. The Balaban J connectivity index is 2.75. The van der Waals surface area contributed by atoms with Crippen LogP contribution in [0.25, 0.3) is 5.65 Å².